The van der Waals surface area contributed by atoms with E-state index < -0.39 is 0 Å². The van der Waals surface area contributed by atoms with E-state index in [9.17, 15) is 4.79 Å². The lowest BCUT2D eigenvalue weighted by Gasteiger charge is -2.29. The van der Waals surface area contributed by atoms with Crippen LogP contribution in [0.25, 0.3) is 11.4 Å². The highest BCUT2D eigenvalue weighted by Gasteiger charge is 2.22. The SMILES string of the molecule is CCCCCC1CCC(c2ccc(-c3ncc(OC(=O)CCCC)cn3)cc2)CC1. The first-order chi connectivity index (χ1) is 14.7. The first-order valence-electron chi connectivity index (χ1n) is 11.8. The monoisotopic (exact) mass is 408 g/mol. The molecule has 1 heterocycles. The molecule has 0 spiro atoms. The summed E-state index contributed by atoms with van der Waals surface area (Å²) >= 11 is 0. The lowest BCUT2D eigenvalue weighted by molar-refractivity contribution is -0.134. The Morgan fingerprint density at radius 3 is 2.23 bits per heavy atom. The van der Waals surface area contributed by atoms with Crippen LogP contribution in [0.3, 0.4) is 0 Å². The highest BCUT2D eigenvalue weighted by Crippen LogP contribution is 2.38. The zero-order valence-corrected chi connectivity index (χ0v) is 18.6. The normalized spacial score (nSPS) is 18.9. The van der Waals surface area contributed by atoms with Gasteiger partial charge in [-0.15, -0.1) is 0 Å². The zero-order chi connectivity index (χ0) is 21.2. The Hall–Kier alpha value is -2.23. The minimum Gasteiger partial charge on any atom is -0.423 e. The summed E-state index contributed by atoms with van der Waals surface area (Å²) in [5.41, 5.74) is 2.43. The highest BCUT2D eigenvalue weighted by molar-refractivity contribution is 5.72. The number of carbonyl (C=O) groups excluding carboxylic acids is 1. The lowest BCUT2D eigenvalue weighted by atomic mass is 9.77. The molecule has 162 valence electrons. The summed E-state index contributed by atoms with van der Waals surface area (Å²) in [5, 5.41) is 0. The molecule has 3 rings (SSSR count). The highest BCUT2D eigenvalue weighted by atomic mass is 16.5. The van der Waals surface area contributed by atoms with Gasteiger partial charge in [-0.05, 0) is 49.5 Å². The number of aromatic nitrogens is 2. The number of benzene rings is 1. The number of ether oxygens (including phenoxy) is 1. The molecule has 4 heteroatoms. The second-order valence-electron chi connectivity index (χ2n) is 8.66. The smallest absolute Gasteiger partial charge is 0.311 e. The van der Waals surface area contributed by atoms with Crippen molar-refractivity contribution >= 4 is 5.97 Å². The average molecular weight is 409 g/mol. The topological polar surface area (TPSA) is 52.1 Å². The Balaban J connectivity index is 1.51. The minimum absolute atomic E-state index is 0.224. The third kappa shape index (κ3) is 6.65. The van der Waals surface area contributed by atoms with E-state index in [-0.39, 0.29) is 5.97 Å². The van der Waals surface area contributed by atoms with Gasteiger partial charge in [-0.25, -0.2) is 9.97 Å². The molecule has 30 heavy (non-hydrogen) atoms. The second-order valence-corrected chi connectivity index (χ2v) is 8.66. The summed E-state index contributed by atoms with van der Waals surface area (Å²) < 4.78 is 5.28. The van der Waals surface area contributed by atoms with E-state index in [0.29, 0.717) is 23.9 Å². The van der Waals surface area contributed by atoms with Crippen LogP contribution in [0.4, 0.5) is 0 Å². The fraction of sp³-hybridized carbons (Fsp3) is 0.577. The number of unbranched alkanes of at least 4 members (excludes halogenated alkanes) is 3. The average Bonchev–Trinajstić information content (AvgIpc) is 2.79. The predicted molar refractivity (Wildman–Crippen MR) is 121 cm³/mol. The fourth-order valence-electron chi connectivity index (χ4n) is 4.39. The summed E-state index contributed by atoms with van der Waals surface area (Å²) in [6.45, 7) is 4.33. The molecule has 4 nitrogen and oxygen atoms in total. The van der Waals surface area contributed by atoms with E-state index in [2.05, 4.69) is 48.1 Å². The minimum atomic E-state index is -0.224. The van der Waals surface area contributed by atoms with Gasteiger partial charge in [0.25, 0.3) is 0 Å². The van der Waals surface area contributed by atoms with Crippen molar-refractivity contribution in [1.82, 2.24) is 9.97 Å². The first kappa shape index (κ1) is 22.5. The molecule has 0 atom stereocenters. The lowest BCUT2D eigenvalue weighted by Crippen LogP contribution is -2.13. The summed E-state index contributed by atoms with van der Waals surface area (Å²) in [7, 11) is 0. The predicted octanol–water partition coefficient (Wildman–Crippen LogP) is 7.09. The van der Waals surface area contributed by atoms with Crippen molar-refractivity contribution in [3.05, 3.63) is 42.2 Å². The Morgan fingerprint density at radius 2 is 1.60 bits per heavy atom. The zero-order valence-electron chi connectivity index (χ0n) is 18.6. The number of esters is 1. The number of rotatable bonds is 10. The van der Waals surface area contributed by atoms with Gasteiger partial charge < -0.3 is 4.74 Å². The molecule has 0 N–H and O–H groups in total. The van der Waals surface area contributed by atoms with Crippen LogP contribution >= 0.6 is 0 Å². The van der Waals surface area contributed by atoms with Crippen molar-refractivity contribution in [3.8, 4) is 17.1 Å². The molecule has 1 aliphatic rings. The Labute approximate surface area is 181 Å². The van der Waals surface area contributed by atoms with Crippen LogP contribution in [0, 0.1) is 5.92 Å². The Kier molecular flexibility index (Phi) is 8.85. The molecular formula is C26H36N2O2. The first-order valence-corrected chi connectivity index (χ1v) is 11.8. The van der Waals surface area contributed by atoms with Gasteiger partial charge in [-0.3, -0.25) is 4.79 Å². The van der Waals surface area contributed by atoms with Crippen LogP contribution in [-0.2, 0) is 4.79 Å². The van der Waals surface area contributed by atoms with Crippen molar-refractivity contribution in [1.29, 1.82) is 0 Å². The third-order valence-corrected chi connectivity index (χ3v) is 6.30. The number of hydrogen-bond acceptors (Lipinski definition) is 4. The van der Waals surface area contributed by atoms with Crippen LogP contribution in [0.5, 0.6) is 5.75 Å². The number of nitrogens with zero attached hydrogens (tertiary/aromatic N) is 2. The summed E-state index contributed by atoms with van der Waals surface area (Å²) in [6, 6.07) is 8.70. The van der Waals surface area contributed by atoms with E-state index in [0.717, 1.165) is 24.3 Å². The summed E-state index contributed by atoms with van der Waals surface area (Å²) in [6.07, 6.45) is 16.3. The third-order valence-electron chi connectivity index (χ3n) is 6.30. The van der Waals surface area contributed by atoms with Crippen molar-refractivity contribution in [2.75, 3.05) is 0 Å². The number of carbonyl (C=O) groups is 1. The second kappa shape index (κ2) is 11.8. The van der Waals surface area contributed by atoms with Gasteiger partial charge in [-0.1, -0.05) is 70.2 Å². The molecule has 0 radical (unpaired) electrons. The largest absolute Gasteiger partial charge is 0.423 e. The van der Waals surface area contributed by atoms with Gasteiger partial charge in [0.05, 0.1) is 12.4 Å². The van der Waals surface area contributed by atoms with Gasteiger partial charge in [0.2, 0.25) is 0 Å². The van der Waals surface area contributed by atoms with Gasteiger partial charge in [0.15, 0.2) is 11.6 Å². The summed E-state index contributed by atoms with van der Waals surface area (Å²) in [5.74, 6) is 2.47. The molecule has 1 saturated carbocycles. The van der Waals surface area contributed by atoms with Crippen LogP contribution in [-0.4, -0.2) is 15.9 Å². The van der Waals surface area contributed by atoms with Crippen LogP contribution < -0.4 is 4.74 Å². The Bertz CT molecular complexity index is 763. The van der Waals surface area contributed by atoms with Crippen molar-refractivity contribution < 1.29 is 9.53 Å². The maximum Gasteiger partial charge on any atom is 0.311 e. The van der Waals surface area contributed by atoms with Crippen molar-refractivity contribution in [3.63, 3.8) is 0 Å². The molecule has 1 aromatic heterocycles. The molecule has 0 bridgehead atoms. The van der Waals surface area contributed by atoms with E-state index in [1.807, 2.05) is 0 Å². The maximum atomic E-state index is 11.7. The molecule has 2 aromatic rings. The van der Waals surface area contributed by atoms with E-state index in [4.69, 9.17) is 4.74 Å². The molecule has 0 amide bonds. The Morgan fingerprint density at radius 1 is 0.933 bits per heavy atom. The molecule has 1 aliphatic carbocycles. The standard InChI is InChI=1S/C26H36N2O2/c1-3-5-7-8-20-10-12-21(13-11-20)22-14-16-23(17-15-22)26-27-18-24(19-28-26)30-25(29)9-6-4-2/h14-21H,3-13H2,1-2H3. The van der Waals surface area contributed by atoms with Gasteiger partial charge in [0, 0.05) is 12.0 Å². The molecule has 0 saturated heterocycles. The van der Waals surface area contributed by atoms with Gasteiger partial charge >= 0.3 is 5.97 Å². The molecule has 1 aromatic carbocycles. The quantitative estimate of drug-likeness (QED) is 0.311. The van der Waals surface area contributed by atoms with Gasteiger partial charge in [-0.2, -0.15) is 0 Å². The van der Waals surface area contributed by atoms with Crippen LogP contribution in [0.15, 0.2) is 36.7 Å². The van der Waals surface area contributed by atoms with Crippen molar-refractivity contribution in [2.45, 2.75) is 90.4 Å². The maximum absolute atomic E-state index is 11.7. The summed E-state index contributed by atoms with van der Waals surface area (Å²) in [4.78, 5) is 20.5. The van der Waals surface area contributed by atoms with Crippen LogP contribution in [0.2, 0.25) is 0 Å². The molecular weight excluding hydrogens is 372 g/mol. The van der Waals surface area contributed by atoms with Crippen LogP contribution in [0.1, 0.15) is 96.0 Å². The van der Waals surface area contributed by atoms with Crippen molar-refractivity contribution in [2.24, 2.45) is 5.92 Å². The fourth-order valence-corrected chi connectivity index (χ4v) is 4.39. The van der Waals surface area contributed by atoms with Gasteiger partial charge in [0.1, 0.15) is 0 Å². The molecule has 0 aliphatic heterocycles. The van der Waals surface area contributed by atoms with E-state index in [1.54, 1.807) is 12.4 Å². The van der Waals surface area contributed by atoms with E-state index in [1.165, 1.54) is 56.9 Å². The molecule has 1 fully saturated rings. The molecule has 0 unspecified atom stereocenters. The number of hydrogen-bond donors (Lipinski definition) is 0. The van der Waals surface area contributed by atoms with E-state index >= 15 is 0 Å².